The Kier molecular flexibility index (Phi) is 6.24. The molecule has 0 atom stereocenters. The maximum atomic E-state index is 11.1. The van der Waals surface area contributed by atoms with Gasteiger partial charge in [0, 0.05) is 31.7 Å². The van der Waals surface area contributed by atoms with Gasteiger partial charge in [0.25, 0.3) is 0 Å². The maximum absolute atomic E-state index is 11.1. The van der Waals surface area contributed by atoms with Gasteiger partial charge in [0.1, 0.15) is 9.84 Å². The van der Waals surface area contributed by atoms with Crippen molar-refractivity contribution >= 4 is 9.84 Å². The predicted molar refractivity (Wildman–Crippen MR) is 70.9 cm³/mol. The molecule has 1 rings (SSSR count). The molecule has 102 valence electrons. The van der Waals surface area contributed by atoms with Crippen molar-refractivity contribution in [2.45, 2.75) is 13.0 Å². The van der Waals surface area contributed by atoms with Crippen LogP contribution in [-0.2, 0) is 16.4 Å². The monoisotopic (exact) mass is 272 g/mol. The molecule has 0 unspecified atom stereocenters. The van der Waals surface area contributed by atoms with Gasteiger partial charge in [-0.15, -0.1) is 0 Å². The van der Waals surface area contributed by atoms with Crippen molar-refractivity contribution in [2.75, 3.05) is 31.7 Å². The summed E-state index contributed by atoms with van der Waals surface area (Å²) < 4.78 is 22.1. The average Bonchev–Trinajstić information content (AvgIpc) is 2.29. The smallest absolute Gasteiger partial charge is 0.147 e. The summed E-state index contributed by atoms with van der Waals surface area (Å²) in [6.45, 7) is 1.94. The Morgan fingerprint density at radius 3 is 2.72 bits per heavy atom. The van der Waals surface area contributed by atoms with Crippen LogP contribution in [0.25, 0.3) is 0 Å². The third-order valence-corrected chi connectivity index (χ3v) is 3.56. The van der Waals surface area contributed by atoms with Gasteiger partial charge in [-0.2, -0.15) is 0 Å². The second kappa shape index (κ2) is 7.45. The fourth-order valence-corrected chi connectivity index (χ4v) is 2.37. The molecule has 0 aliphatic rings. The maximum Gasteiger partial charge on any atom is 0.147 e. The molecule has 1 aromatic rings. The predicted octanol–water partition coefficient (Wildman–Crippen LogP) is 0.311. The number of nitrogens with zero attached hydrogens (tertiary/aromatic N) is 2. The molecule has 18 heavy (non-hydrogen) atoms. The summed E-state index contributed by atoms with van der Waals surface area (Å²) in [5, 5.41) is 9.00. The van der Waals surface area contributed by atoms with Crippen molar-refractivity contribution in [3.8, 4) is 0 Å². The van der Waals surface area contributed by atoms with Gasteiger partial charge in [0.05, 0.1) is 12.4 Å². The molecular formula is C12H20N2O3S. The third kappa shape index (κ3) is 6.68. The molecule has 1 N–H and O–H groups in total. The first kappa shape index (κ1) is 15.1. The standard InChI is InChI=1S/C12H20N2O3S/c1-18(16,17)9-3-6-14(7-8-15)11-12-4-2-5-13-10-12/h2,4-5,10,15H,3,6-9,11H2,1H3. The van der Waals surface area contributed by atoms with E-state index in [1.54, 1.807) is 12.4 Å². The van der Waals surface area contributed by atoms with E-state index in [1.807, 2.05) is 17.0 Å². The minimum Gasteiger partial charge on any atom is -0.395 e. The minimum absolute atomic E-state index is 0.0686. The van der Waals surface area contributed by atoms with Crippen LogP contribution in [0, 0.1) is 0 Å². The minimum atomic E-state index is -2.91. The molecule has 1 aromatic heterocycles. The quantitative estimate of drug-likeness (QED) is 0.737. The zero-order chi connectivity index (χ0) is 13.4. The van der Waals surface area contributed by atoms with E-state index in [0.29, 0.717) is 26.1 Å². The Bertz CT molecular complexity index is 434. The summed E-state index contributed by atoms with van der Waals surface area (Å²) in [7, 11) is -2.91. The zero-order valence-corrected chi connectivity index (χ0v) is 11.4. The van der Waals surface area contributed by atoms with Crippen LogP contribution in [0.1, 0.15) is 12.0 Å². The van der Waals surface area contributed by atoms with Crippen molar-refractivity contribution in [1.82, 2.24) is 9.88 Å². The number of rotatable bonds is 8. The van der Waals surface area contributed by atoms with Gasteiger partial charge >= 0.3 is 0 Å². The van der Waals surface area contributed by atoms with Crippen LogP contribution in [-0.4, -0.2) is 55.1 Å². The summed E-state index contributed by atoms with van der Waals surface area (Å²) >= 11 is 0. The Labute approximate surface area is 108 Å². The van der Waals surface area contributed by atoms with Crippen molar-refractivity contribution in [2.24, 2.45) is 0 Å². The van der Waals surface area contributed by atoms with Gasteiger partial charge in [0.15, 0.2) is 0 Å². The van der Waals surface area contributed by atoms with E-state index >= 15 is 0 Å². The van der Waals surface area contributed by atoms with Crippen molar-refractivity contribution in [3.05, 3.63) is 30.1 Å². The number of aromatic nitrogens is 1. The molecule has 0 aliphatic carbocycles. The topological polar surface area (TPSA) is 70.5 Å². The molecule has 0 bridgehead atoms. The number of hydrogen-bond donors (Lipinski definition) is 1. The van der Waals surface area contributed by atoms with Gasteiger partial charge in [-0.1, -0.05) is 6.07 Å². The fraction of sp³-hybridized carbons (Fsp3) is 0.583. The summed E-state index contributed by atoms with van der Waals surface area (Å²) in [5.74, 6) is 0.183. The van der Waals surface area contributed by atoms with E-state index in [1.165, 1.54) is 6.26 Å². The molecule has 1 heterocycles. The first-order valence-corrected chi connectivity index (χ1v) is 7.97. The molecule has 0 fully saturated rings. The highest BCUT2D eigenvalue weighted by atomic mass is 32.2. The van der Waals surface area contributed by atoms with Crippen LogP contribution >= 0.6 is 0 Å². The number of aliphatic hydroxyl groups excluding tert-OH is 1. The molecule has 0 spiro atoms. The highest BCUT2D eigenvalue weighted by Gasteiger charge is 2.08. The Morgan fingerprint density at radius 2 is 2.17 bits per heavy atom. The second-order valence-corrected chi connectivity index (χ2v) is 6.60. The van der Waals surface area contributed by atoms with Gasteiger partial charge in [0.2, 0.25) is 0 Å². The Morgan fingerprint density at radius 1 is 1.39 bits per heavy atom. The number of hydrogen-bond acceptors (Lipinski definition) is 5. The van der Waals surface area contributed by atoms with E-state index in [9.17, 15) is 8.42 Å². The molecule has 0 radical (unpaired) electrons. The van der Waals surface area contributed by atoms with Gasteiger partial charge in [-0.25, -0.2) is 8.42 Å². The Balaban J connectivity index is 2.45. The molecular weight excluding hydrogens is 252 g/mol. The van der Waals surface area contributed by atoms with Crippen LogP contribution in [0.15, 0.2) is 24.5 Å². The van der Waals surface area contributed by atoms with Gasteiger partial charge in [-0.05, 0) is 24.6 Å². The first-order valence-electron chi connectivity index (χ1n) is 5.91. The fourth-order valence-electron chi connectivity index (χ4n) is 1.71. The number of sulfone groups is 1. The van der Waals surface area contributed by atoms with E-state index in [2.05, 4.69) is 4.98 Å². The van der Waals surface area contributed by atoms with Crippen molar-refractivity contribution in [1.29, 1.82) is 0 Å². The molecule has 6 heteroatoms. The molecule has 0 amide bonds. The summed E-state index contributed by atoms with van der Waals surface area (Å²) in [5.41, 5.74) is 1.06. The lowest BCUT2D eigenvalue weighted by molar-refractivity contribution is 0.190. The lowest BCUT2D eigenvalue weighted by Gasteiger charge is -2.20. The van der Waals surface area contributed by atoms with Crippen molar-refractivity contribution < 1.29 is 13.5 Å². The van der Waals surface area contributed by atoms with Crippen LogP contribution in [0.2, 0.25) is 0 Å². The zero-order valence-electron chi connectivity index (χ0n) is 10.6. The van der Waals surface area contributed by atoms with Crippen LogP contribution in [0.5, 0.6) is 0 Å². The lowest BCUT2D eigenvalue weighted by Crippen LogP contribution is -2.28. The molecule has 0 aromatic carbocycles. The molecule has 0 saturated carbocycles. The molecule has 5 nitrogen and oxygen atoms in total. The lowest BCUT2D eigenvalue weighted by atomic mass is 10.2. The summed E-state index contributed by atoms with van der Waals surface area (Å²) in [4.78, 5) is 6.06. The third-order valence-electron chi connectivity index (χ3n) is 2.53. The van der Waals surface area contributed by atoms with Crippen LogP contribution in [0.4, 0.5) is 0 Å². The summed E-state index contributed by atoms with van der Waals surface area (Å²) in [6.07, 6.45) is 5.31. The Hall–Kier alpha value is -0.980. The van der Waals surface area contributed by atoms with E-state index in [0.717, 1.165) is 5.56 Å². The average molecular weight is 272 g/mol. The van der Waals surface area contributed by atoms with Gasteiger partial charge in [-0.3, -0.25) is 9.88 Å². The summed E-state index contributed by atoms with van der Waals surface area (Å²) in [6, 6.07) is 3.83. The van der Waals surface area contributed by atoms with E-state index in [4.69, 9.17) is 5.11 Å². The SMILES string of the molecule is CS(=O)(=O)CCCN(CCO)Cc1cccnc1. The second-order valence-electron chi connectivity index (χ2n) is 4.34. The number of aliphatic hydroxyl groups is 1. The highest BCUT2D eigenvalue weighted by molar-refractivity contribution is 7.90. The van der Waals surface area contributed by atoms with E-state index in [-0.39, 0.29) is 12.4 Å². The normalized spacial score (nSPS) is 11.9. The van der Waals surface area contributed by atoms with Gasteiger partial charge < -0.3 is 5.11 Å². The first-order chi connectivity index (χ1) is 8.51. The van der Waals surface area contributed by atoms with E-state index < -0.39 is 9.84 Å². The van der Waals surface area contributed by atoms with Crippen LogP contribution < -0.4 is 0 Å². The molecule has 0 saturated heterocycles. The molecule has 0 aliphatic heterocycles. The highest BCUT2D eigenvalue weighted by Crippen LogP contribution is 2.04. The number of pyridine rings is 1. The van der Waals surface area contributed by atoms with Crippen molar-refractivity contribution in [3.63, 3.8) is 0 Å². The van der Waals surface area contributed by atoms with Crippen LogP contribution in [0.3, 0.4) is 0 Å². The largest absolute Gasteiger partial charge is 0.395 e.